The number of hydrogen-bond acceptors (Lipinski definition) is 5. The van der Waals surface area contributed by atoms with E-state index in [9.17, 15) is 9.59 Å². The van der Waals surface area contributed by atoms with E-state index in [1.807, 2.05) is 39.0 Å². The van der Waals surface area contributed by atoms with Gasteiger partial charge in [-0.1, -0.05) is 36.2 Å². The monoisotopic (exact) mass is 530 g/mol. The zero-order valence-corrected chi connectivity index (χ0v) is 22.6. The van der Waals surface area contributed by atoms with Crippen LogP contribution >= 0.6 is 35.0 Å². The Bertz CT molecular complexity index is 1240. The van der Waals surface area contributed by atoms with Gasteiger partial charge < -0.3 is 4.90 Å². The van der Waals surface area contributed by atoms with Gasteiger partial charge in [-0.2, -0.15) is 10.1 Å². The second-order valence-electron chi connectivity index (χ2n) is 8.91. The van der Waals surface area contributed by atoms with E-state index in [1.54, 1.807) is 13.0 Å². The molecule has 0 aliphatic carbocycles. The topological polar surface area (TPSA) is 65.3 Å². The molecule has 2 aliphatic heterocycles. The van der Waals surface area contributed by atoms with Crippen LogP contribution in [0.15, 0.2) is 46.5 Å². The molecule has 2 aromatic carbocycles. The minimum atomic E-state index is -0.556. The van der Waals surface area contributed by atoms with Gasteiger partial charge in [0.25, 0.3) is 0 Å². The second kappa shape index (κ2) is 10.3. The molecule has 0 aromatic heterocycles. The fraction of sp³-hybridized carbons (Fsp3) is 0.385. The van der Waals surface area contributed by atoms with Crippen LogP contribution < -0.4 is 4.90 Å². The van der Waals surface area contributed by atoms with Crippen LogP contribution in [0.4, 0.5) is 10.5 Å². The van der Waals surface area contributed by atoms with Crippen molar-refractivity contribution in [3.63, 3.8) is 0 Å². The number of rotatable bonds is 4. The van der Waals surface area contributed by atoms with Crippen LogP contribution in [0.25, 0.3) is 0 Å². The van der Waals surface area contributed by atoms with Crippen LogP contribution in [0.2, 0.25) is 10.0 Å². The number of benzene rings is 2. The van der Waals surface area contributed by atoms with E-state index in [-0.39, 0.29) is 17.6 Å². The number of carbonyl (C=O) groups excluding carboxylic acids is 2. The first-order valence-corrected chi connectivity index (χ1v) is 13.3. The molecule has 35 heavy (non-hydrogen) atoms. The Balaban J connectivity index is 1.75. The van der Waals surface area contributed by atoms with Crippen molar-refractivity contribution in [2.45, 2.75) is 51.7 Å². The molecular weight excluding hydrogens is 503 g/mol. The van der Waals surface area contributed by atoms with Crippen LogP contribution in [0.3, 0.4) is 0 Å². The average molecular weight is 532 g/mol. The second-order valence-corrected chi connectivity index (χ2v) is 11.3. The highest BCUT2D eigenvalue weighted by Gasteiger charge is 2.39. The van der Waals surface area contributed by atoms with E-state index in [0.29, 0.717) is 16.6 Å². The van der Waals surface area contributed by atoms with Crippen molar-refractivity contribution in [2.75, 3.05) is 18.0 Å². The maximum atomic E-state index is 12.5. The van der Waals surface area contributed by atoms with Crippen molar-refractivity contribution in [3.05, 3.63) is 63.1 Å². The molecule has 0 unspecified atom stereocenters. The minimum Gasteiger partial charge on any atom is -0.326 e. The van der Waals surface area contributed by atoms with Gasteiger partial charge in [0.2, 0.25) is 5.91 Å². The van der Waals surface area contributed by atoms with Gasteiger partial charge in [0.1, 0.15) is 5.84 Å². The number of hydrogen-bond donors (Lipinski definition) is 0. The molecule has 2 amide bonds. The van der Waals surface area contributed by atoms with Gasteiger partial charge in [-0.25, -0.2) is 0 Å². The quantitative estimate of drug-likeness (QED) is 0.322. The maximum Gasteiger partial charge on any atom is 0.309 e. The first-order valence-electron chi connectivity index (χ1n) is 11.7. The van der Waals surface area contributed by atoms with E-state index >= 15 is 0 Å². The van der Waals surface area contributed by atoms with Gasteiger partial charge in [0.05, 0.1) is 20.5 Å². The molecule has 0 saturated carbocycles. The van der Waals surface area contributed by atoms with Gasteiger partial charge >= 0.3 is 5.24 Å². The lowest BCUT2D eigenvalue weighted by molar-refractivity contribution is -0.127. The molecule has 9 heteroatoms. The summed E-state index contributed by atoms with van der Waals surface area (Å²) in [5, 5.41) is 6.20. The summed E-state index contributed by atoms with van der Waals surface area (Å²) in [5.74, 6) is 0.553. The van der Waals surface area contributed by atoms with Gasteiger partial charge in [-0.15, -0.1) is 0 Å². The molecule has 0 atom stereocenters. The van der Waals surface area contributed by atoms with Gasteiger partial charge in [0.15, 0.2) is 0 Å². The fourth-order valence-electron chi connectivity index (χ4n) is 4.37. The van der Waals surface area contributed by atoms with Gasteiger partial charge in [-0.3, -0.25) is 14.6 Å². The molecule has 0 fully saturated rings. The van der Waals surface area contributed by atoms with Gasteiger partial charge in [-0.05, 0) is 86.8 Å². The Labute approximate surface area is 220 Å². The largest absolute Gasteiger partial charge is 0.326 e. The number of carbonyl (C=O) groups is 2. The number of anilines is 1. The summed E-state index contributed by atoms with van der Waals surface area (Å²) in [6.45, 7) is 9.13. The smallest absolute Gasteiger partial charge is 0.309 e. The van der Waals surface area contributed by atoms with Crippen molar-refractivity contribution < 1.29 is 9.59 Å². The van der Waals surface area contributed by atoms with Crippen LogP contribution in [0, 0.1) is 0 Å². The highest BCUT2D eigenvalue weighted by Crippen LogP contribution is 2.38. The predicted molar refractivity (Wildman–Crippen MR) is 146 cm³/mol. The van der Waals surface area contributed by atoms with Crippen molar-refractivity contribution >= 4 is 63.3 Å². The fourth-order valence-corrected chi connectivity index (χ4v) is 5.58. The number of amidine groups is 1. The lowest BCUT2D eigenvalue weighted by Gasteiger charge is -2.35. The Morgan fingerprint density at radius 3 is 2.60 bits per heavy atom. The number of halogens is 2. The van der Waals surface area contributed by atoms with E-state index in [0.717, 1.165) is 64.5 Å². The number of aliphatic imine (C=N–C) groups is 1. The first kappa shape index (κ1) is 25.7. The maximum absolute atomic E-state index is 12.5. The van der Waals surface area contributed by atoms with Crippen molar-refractivity contribution in [2.24, 2.45) is 10.1 Å². The molecule has 0 N–H and O–H groups in total. The third-order valence-corrected chi connectivity index (χ3v) is 7.83. The molecule has 0 saturated heterocycles. The van der Waals surface area contributed by atoms with Crippen LogP contribution in [-0.2, 0) is 11.2 Å². The molecule has 2 aromatic rings. The van der Waals surface area contributed by atoms with E-state index in [2.05, 4.69) is 22.1 Å². The Kier molecular flexibility index (Phi) is 7.60. The lowest BCUT2D eigenvalue weighted by Crippen LogP contribution is -2.43. The summed E-state index contributed by atoms with van der Waals surface area (Å²) in [4.78, 5) is 31.8. The number of nitrogens with zero attached hydrogens (tertiary/aromatic N) is 4. The minimum absolute atomic E-state index is 0.219. The van der Waals surface area contributed by atoms with E-state index in [1.165, 1.54) is 5.56 Å². The number of imide groups is 1. The molecule has 184 valence electrons. The summed E-state index contributed by atoms with van der Waals surface area (Å²) in [5.41, 5.74) is 4.80. The normalized spacial score (nSPS) is 17.8. The van der Waals surface area contributed by atoms with Crippen molar-refractivity contribution in [1.82, 2.24) is 5.01 Å². The highest BCUT2D eigenvalue weighted by atomic mass is 35.5. The van der Waals surface area contributed by atoms with Crippen LogP contribution in [0.5, 0.6) is 0 Å². The molecular formula is C26H28Cl2N4O2S. The zero-order chi connectivity index (χ0) is 25.3. The van der Waals surface area contributed by atoms with Crippen molar-refractivity contribution in [1.29, 1.82) is 0 Å². The number of amides is 2. The molecule has 0 bridgehead atoms. The van der Waals surface area contributed by atoms with Crippen molar-refractivity contribution in [3.8, 4) is 0 Å². The predicted octanol–water partition coefficient (Wildman–Crippen LogP) is 6.80. The molecule has 0 radical (unpaired) electrons. The standard InChI is InChI=1S/C26H28Cl2N4O2S/c1-5-22(33)32-25(34)35-26(3,4)23(30-32)17-10-12-21-16(14-17)8-7-13-31(21)24(29-6-2)18-9-11-19(27)20(28)15-18/h9-12,14-15H,5-8,13H2,1-4H3. The lowest BCUT2D eigenvalue weighted by atomic mass is 9.93. The summed E-state index contributed by atoms with van der Waals surface area (Å²) in [7, 11) is 0. The highest BCUT2D eigenvalue weighted by molar-refractivity contribution is 8.15. The summed E-state index contributed by atoms with van der Waals surface area (Å²) >= 11 is 13.6. The number of fused-ring (bicyclic) bond motifs is 1. The number of thioether (sulfide) groups is 1. The molecule has 2 heterocycles. The summed E-state index contributed by atoms with van der Waals surface area (Å²) < 4.78 is -0.556. The van der Waals surface area contributed by atoms with Crippen LogP contribution in [-0.4, -0.2) is 45.5 Å². The van der Waals surface area contributed by atoms with Crippen LogP contribution in [0.1, 0.15) is 57.2 Å². The average Bonchev–Trinajstić information content (AvgIpc) is 2.83. The zero-order valence-electron chi connectivity index (χ0n) is 20.3. The Morgan fingerprint density at radius 2 is 1.91 bits per heavy atom. The third kappa shape index (κ3) is 5.13. The van der Waals surface area contributed by atoms with E-state index < -0.39 is 4.75 Å². The Hall–Kier alpha value is -2.35. The summed E-state index contributed by atoms with van der Waals surface area (Å²) in [6.07, 6.45) is 2.10. The molecule has 2 aliphatic rings. The van der Waals surface area contributed by atoms with Gasteiger partial charge in [0, 0.05) is 30.8 Å². The number of aryl methyl sites for hydroxylation is 1. The SMILES string of the molecule is CCN=C(c1ccc(Cl)c(Cl)c1)N1CCCc2cc(C3=NN(C(=O)CC)C(=O)SC3(C)C)ccc21. The molecule has 0 spiro atoms. The number of hydrazone groups is 1. The third-order valence-electron chi connectivity index (χ3n) is 6.04. The molecule has 4 rings (SSSR count). The molecule has 6 nitrogen and oxygen atoms in total. The van der Waals surface area contributed by atoms with E-state index in [4.69, 9.17) is 28.2 Å². The Morgan fingerprint density at radius 1 is 1.14 bits per heavy atom. The summed E-state index contributed by atoms with van der Waals surface area (Å²) in [6, 6.07) is 11.8. The first-order chi connectivity index (χ1) is 16.7.